The fourth-order valence-electron chi connectivity index (χ4n) is 1.95. The lowest BCUT2D eigenvalue weighted by atomic mass is 9.78. The van der Waals surface area contributed by atoms with Crippen molar-refractivity contribution in [1.29, 1.82) is 0 Å². The van der Waals surface area contributed by atoms with Crippen molar-refractivity contribution in [3.8, 4) is 0 Å². The molecule has 92 valence electrons. The fourth-order valence-corrected chi connectivity index (χ4v) is 2.21. The van der Waals surface area contributed by atoms with Crippen molar-refractivity contribution in [2.75, 3.05) is 0 Å². The quantitative estimate of drug-likeness (QED) is 0.757. The molecule has 0 spiro atoms. The van der Waals surface area contributed by atoms with Gasteiger partial charge in [0.1, 0.15) is 0 Å². The van der Waals surface area contributed by atoms with Crippen LogP contribution >= 0.6 is 15.9 Å². The van der Waals surface area contributed by atoms with Crippen LogP contribution in [0.5, 0.6) is 0 Å². The van der Waals surface area contributed by atoms with Crippen molar-refractivity contribution in [2.24, 2.45) is 0 Å². The lowest BCUT2D eigenvalue weighted by Crippen LogP contribution is -2.29. The Bertz CT molecular complexity index is 541. The number of halogens is 1. The summed E-state index contributed by atoms with van der Waals surface area (Å²) in [7, 11) is 0. The number of rotatable bonds is 3. The zero-order valence-corrected chi connectivity index (χ0v) is 12.1. The summed E-state index contributed by atoms with van der Waals surface area (Å²) in [6.07, 6.45) is 0. The fraction of sp³-hybridized carbons (Fsp3) is 0.188. The molecule has 0 saturated heterocycles. The van der Waals surface area contributed by atoms with Crippen molar-refractivity contribution in [2.45, 2.75) is 19.3 Å². The highest BCUT2D eigenvalue weighted by Gasteiger charge is 2.30. The molecule has 2 heteroatoms. The number of Topliss-reactive ketones (excluding diaryl/α,β-unsaturated/α-hetero) is 1. The van der Waals surface area contributed by atoms with Crippen molar-refractivity contribution in [1.82, 2.24) is 0 Å². The average Bonchev–Trinajstić information content (AvgIpc) is 2.40. The molecule has 2 aromatic rings. The Labute approximate surface area is 116 Å². The molecular weight excluding hydrogens is 288 g/mol. The van der Waals surface area contributed by atoms with Gasteiger partial charge in [-0.25, -0.2) is 0 Å². The van der Waals surface area contributed by atoms with Crippen LogP contribution in [0.1, 0.15) is 29.8 Å². The predicted molar refractivity (Wildman–Crippen MR) is 77.9 cm³/mol. The van der Waals surface area contributed by atoms with Gasteiger partial charge in [-0.15, -0.1) is 0 Å². The van der Waals surface area contributed by atoms with E-state index in [1.165, 1.54) is 0 Å². The van der Waals surface area contributed by atoms with Gasteiger partial charge >= 0.3 is 0 Å². The molecule has 2 aromatic carbocycles. The first-order valence-electron chi connectivity index (χ1n) is 5.88. The lowest BCUT2D eigenvalue weighted by molar-refractivity contribution is 0.0909. The minimum Gasteiger partial charge on any atom is -0.293 e. The highest BCUT2D eigenvalue weighted by molar-refractivity contribution is 9.10. The average molecular weight is 303 g/mol. The molecule has 1 nitrogen and oxygen atoms in total. The summed E-state index contributed by atoms with van der Waals surface area (Å²) in [5.74, 6) is 0.140. The number of carbonyl (C=O) groups excluding carboxylic acids is 1. The first kappa shape index (κ1) is 13.0. The maximum absolute atomic E-state index is 12.6. The Morgan fingerprint density at radius 1 is 0.944 bits per heavy atom. The molecule has 0 aromatic heterocycles. The largest absolute Gasteiger partial charge is 0.293 e. The Morgan fingerprint density at radius 3 is 2.06 bits per heavy atom. The second-order valence-corrected chi connectivity index (χ2v) is 5.74. The van der Waals surface area contributed by atoms with Gasteiger partial charge in [-0.3, -0.25) is 4.79 Å². The van der Waals surface area contributed by atoms with E-state index in [0.29, 0.717) is 0 Å². The van der Waals surface area contributed by atoms with Crippen LogP contribution in [-0.2, 0) is 5.41 Å². The number of ketones is 1. The van der Waals surface area contributed by atoms with Crippen molar-refractivity contribution in [3.63, 3.8) is 0 Å². The Hall–Kier alpha value is -1.41. The van der Waals surface area contributed by atoms with E-state index in [1.807, 2.05) is 68.4 Å². The molecule has 18 heavy (non-hydrogen) atoms. The van der Waals surface area contributed by atoms with E-state index < -0.39 is 5.41 Å². The van der Waals surface area contributed by atoms with Gasteiger partial charge in [0.2, 0.25) is 0 Å². The monoisotopic (exact) mass is 302 g/mol. The van der Waals surface area contributed by atoms with Crippen LogP contribution < -0.4 is 0 Å². The molecule has 0 radical (unpaired) electrons. The standard InChI is InChI=1S/C16H15BrO/c1-16(2,13-6-4-3-5-7-13)15(18)12-8-10-14(17)11-9-12/h3-11H,1-2H3. The van der Waals surface area contributed by atoms with Crippen LogP contribution in [0.15, 0.2) is 59.1 Å². The number of hydrogen-bond acceptors (Lipinski definition) is 1. The van der Waals surface area contributed by atoms with Crippen LogP contribution in [0.25, 0.3) is 0 Å². The molecule has 0 aliphatic carbocycles. The van der Waals surface area contributed by atoms with Crippen LogP contribution in [0.3, 0.4) is 0 Å². The molecule has 0 amide bonds. The van der Waals surface area contributed by atoms with Gasteiger partial charge in [0.25, 0.3) is 0 Å². The number of carbonyl (C=O) groups is 1. The molecule has 0 atom stereocenters. The molecule has 0 fully saturated rings. The third-order valence-electron chi connectivity index (χ3n) is 3.17. The lowest BCUT2D eigenvalue weighted by Gasteiger charge is -2.23. The van der Waals surface area contributed by atoms with Crippen molar-refractivity contribution in [3.05, 3.63) is 70.2 Å². The van der Waals surface area contributed by atoms with Crippen LogP contribution in [0, 0.1) is 0 Å². The normalized spacial score (nSPS) is 11.3. The van der Waals surface area contributed by atoms with E-state index in [2.05, 4.69) is 15.9 Å². The first-order chi connectivity index (χ1) is 8.51. The molecule has 0 N–H and O–H groups in total. The van der Waals surface area contributed by atoms with Gasteiger partial charge in [0.05, 0.1) is 5.41 Å². The van der Waals surface area contributed by atoms with Gasteiger partial charge < -0.3 is 0 Å². The molecule has 0 heterocycles. The van der Waals surface area contributed by atoms with Gasteiger partial charge in [0.15, 0.2) is 5.78 Å². The van der Waals surface area contributed by atoms with Crippen molar-refractivity contribution >= 4 is 21.7 Å². The number of benzene rings is 2. The van der Waals surface area contributed by atoms with E-state index >= 15 is 0 Å². The smallest absolute Gasteiger partial charge is 0.172 e. The predicted octanol–water partition coefficient (Wildman–Crippen LogP) is 4.61. The first-order valence-corrected chi connectivity index (χ1v) is 6.67. The van der Waals surface area contributed by atoms with E-state index in [9.17, 15) is 4.79 Å². The van der Waals surface area contributed by atoms with Gasteiger partial charge in [-0.2, -0.15) is 0 Å². The summed E-state index contributed by atoms with van der Waals surface area (Å²) in [5, 5.41) is 0. The van der Waals surface area contributed by atoms with Gasteiger partial charge in [0, 0.05) is 10.0 Å². The van der Waals surface area contributed by atoms with E-state index in [-0.39, 0.29) is 5.78 Å². The molecule has 0 bridgehead atoms. The molecule has 0 unspecified atom stereocenters. The van der Waals surface area contributed by atoms with Crippen LogP contribution in [-0.4, -0.2) is 5.78 Å². The van der Waals surface area contributed by atoms with Crippen LogP contribution in [0.4, 0.5) is 0 Å². The Kier molecular flexibility index (Phi) is 3.67. The summed E-state index contributed by atoms with van der Waals surface area (Å²) >= 11 is 3.38. The highest BCUT2D eigenvalue weighted by atomic mass is 79.9. The Balaban J connectivity index is 2.36. The highest BCUT2D eigenvalue weighted by Crippen LogP contribution is 2.27. The van der Waals surface area contributed by atoms with Gasteiger partial charge in [-0.1, -0.05) is 58.4 Å². The summed E-state index contributed by atoms with van der Waals surface area (Å²) in [6.45, 7) is 3.93. The second-order valence-electron chi connectivity index (χ2n) is 4.83. The van der Waals surface area contributed by atoms with E-state index in [1.54, 1.807) is 0 Å². The van der Waals surface area contributed by atoms with Crippen molar-refractivity contribution < 1.29 is 4.79 Å². The summed E-state index contributed by atoms with van der Waals surface area (Å²) in [5.41, 5.74) is 1.28. The molecular formula is C16H15BrO. The minimum atomic E-state index is -0.505. The maximum atomic E-state index is 12.6. The molecule has 0 aliphatic heterocycles. The third kappa shape index (κ3) is 2.54. The van der Waals surface area contributed by atoms with Gasteiger partial charge in [-0.05, 0) is 31.5 Å². The van der Waals surface area contributed by atoms with E-state index in [4.69, 9.17) is 0 Å². The summed E-state index contributed by atoms with van der Waals surface area (Å²) in [4.78, 5) is 12.6. The van der Waals surface area contributed by atoms with E-state index in [0.717, 1.165) is 15.6 Å². The Morgan fingerprint density at radius 2 is 1.50 bits per heavy atom. The summed E-state index contributed by atoms with van der Waals surface area (Å²) < 4.78 is 0.983. The summed E-state index contributed by atoms with van der Waals surface area (Å²) in [6, 6.07) is 17.4. The molecule has 2 rings (SSSR count). The molecule has 0 saturated carbocycles. The second kappa shape index (κ2) is 5.07. The topological polar surface area (TPSA) is 17.1 Å². The minimum absolute atomic E-state index is 0.140. The third-order valence-corrected chi connectivity index (χ3v) is 3.70. The van der Waals surface area contributed by atoms with Crippen LogP contribution in [0.2, 0.25) is 0 Å². The molecule has 0 aliphatic rings. The maximum Gasteiger partial charge on any atom is 0.172 e. The number of hydrogen-bond donors (Lipinski definition) is 0. The zero-order chi connectivity index (χ0) is 13.2. The zero-order valence-electron chi connectivity index (χ0n) is 10.5. The SMILES string of the molecule is CC(C)(C(=O)c1ccc(Br)cc1)c1ccccc1.